The van der Waals surface area contributed by atoms with Gasteiger partial charge in [-0.15, -0.1) is 0 Å². The number of benzene rings is 1. The Balaban J connectivity index is 2.96. The highest BCUT2D eigenvalue weighted by Crippen LogP contribution is 2.36. The van der Waals surface area contributed by atoms with Crippen molar-refractivity contribution in [2.75, 3.05) is 14.2 Å². The highest BCUT2D eigenvalue weighted by atomic mass is 28.3. The molecule has 1 aromatic rings. The van der Waals surface area contributed by atoms with E-state index >= 15 is 0 Å². The maximum absolute atomic E-state index is 10.7. The van der Waals surface area contributed by atoms with E-state index in [1.165, 1.54) is 0 Å². The Hall–Kier alpha value is -1.21. The highest BCUT2D eigenvalue weighted by molar-refractivity contribution is 6.36. The van der Waals surface area contributed by atoms with Crippen LogP contribution in [-0.2, 0) is 24.5 Å². The quantitative estimate of drug-likeness (QED) is 0.784. The van der Waals surface area contributed by atoms with Gasteiger partial charge >= 0.3 is 15.5 Å². The van der Waals surface area contributed by atoms with Crippen LogP contribution in [0.25, 0.3) is 0 Å². The van der Waals surface area contributed by atoms with Gasteiger partial charge in [0.1, 0.15) is 0 Å². The normalized spacial score (nSPS) is 13.4. The van der Waals surface area contributed by atoms with Crippen molar-refractivity contribution >= 4 is 15.5 Å². The summed E-state index contributed by atoms with van der Waals surface area (Å²) in [5.41, 5.74) is 1.61. The van der Waals surface area contributed by atoms with Crippen molar-refractivity contribution in [3.05, 3.63) is 35.4 Å². The minimum absolute atomic E-state index is 0.0203. The van der Waals surface area contributed by atoms with Gasteiger partial charge in [-0.05, 0) is 16.5 Å². The predicted octanol–water partition coefficient (Wildman–Crippen LogP) is 2.70. The SMILES string of the molecule is CO[Si](OC)OC(c1ccc(CC(=O)O)cc1)C(C)(C)C. The van der Waals surface area contributed by atoms with Crippen LogP contribution in [0.15, 0.2) is 24.3 Å². The van der Waals surface area contributed by atoms with Gasteiger partial charge in [-0.2, -0.15) is 0 Å². The highest BCUT2D eigenvalue weighted by Gasteiger charge is 2.32. The summed E-state index contributed by atoms with van der Waals surface area (Å²) in [6.07, 6.45) is -0.169. The third kappa shape index (κ3) is 5.59. The molecule has 6 heteroatoms. The number of hydrogen-bond donors (Lipinski definition) is 1. The Labute approximate surface area is 127 Å². The van der Waals surface area contributed by atoms with Crippen molar-refractivity contribution in [1.82, 2.24) is 0 Å². The molecule has 0 aromatic heterocycles. The first kappa shape index (κ1) is 17.8. The Morgan fingerprint density at radius 3 is 2.10 bits per heavy atom. The van der Waals surface area contributed by atoms with Crippen molar-refractivity contribution in [2.45, 2.75) is 33.3 Å². The van der Waals surface area contributed by atoms with Crippen molar-refractivity contribution < 1.29 is 23.2 Å². The molecule has 0 heterocycles. The number of rotatable bonds is 7. The lowest BCUT2D eigenvalue weighted by Crippen LogP contribution is -2.32. The third-order valence-electron chi connectivity index (χ3n) is 2.97. The van der Waals surface area contributed by atoms with Gasteiger partial charge in [0.05, 0.1) is 12.5 Å². The molecule has 117 valence electrons. The van der Waals surface area contributed by atoms with Gasteiger partial charge < -0.3 is 18.4 Å². The topological polar surface area (TPSA) is 65.0 Å². The van der Waals surface area contributed by atoms with Crippen LogP contribution in [0.4, 0.5) is 0 Å². The monoisotopic (exact) mass is 311 g/mol. The summed E-state index contributed by atoms with van der Waals surface area (Å²) in [4.78, 5) is 10.7. The fourth-order valence-electron chi connectivity index (χ4n) is 2.01. The number of carboxylic acid groups (broad SMARTS) is 1. The number of carbonyl (C=O) groups is 1. The zero-order valence-corrected chi connectivity index (χ0v) is 14.2. The van der Waals surface area contributed by atoms with Gasteiger partial charge in [0, 0.05) is 14.2 Å². The third-order valence-corrected chi connectivity index (χ3v) is 4.07. The first-order valence-corrected chi connectivity index (χ1v) is 7.92. The molecule has 0 amide bonds. The van der Waals surface area contributed by atoms with E-state index in [2.05, 4.69) is 20.8 Å². The summed E-state index contributed by atoms with van der Waals surface area (Å²) in [7, 11) is 1.35. The molecule has 1 rings (SSSR count). The Morgan fingerprint density at radius 1 is 1.19 bits per heavy atom. The van der Waals surface area contributed by atoms with E-state index in [4.69, 9.17) is 18.4 Å². The van der Waals surface area contributed by atoms with E-state index in [1.807, 2.05) is 24.3 Å². The van der Waals surface area contributed by atoms with Gasteiger partial charge in [-0.1, -0.05) is 45.0 Å². The van der Waals surface area contributed by atoms with Gasteiger partial charge in [-0.3, -0.25) is 4.79 Å². The van der Waals surface area contributed by atoms with Crippen LogP contribution < -0.4 is 0 Å². The molecule has 0 aliphatic rings. The van der Waals surface area contributed by atoms with E-state index in [1.54, 1.807) is 14.2 Å². The van der Waals surface area contributed by atoms with Crippen LogP contribution in [0.2, 0.25) is 0 Å². The Kier molecular flexibility index (Phi) is 6.54. The molecule has 0 spiro atoms. The molecular formula is C15H23O5Si. The van der Waals surface area contributed by atoms with Crippen molar-refractivity contribution in [2.24, 2.45) is 5.41 Å². The van der Waals surface area contributed by atoms with E-state index in [0.29, 0.717) is 0 Å². The van der Waals surface area contributed by atoms with Gasteiger partial charge in [0.2, 0.25) is 0 Å². The van der Waals surface area contributed by atoms with Crippen LogP contribution >= 0.6 is 0 Å². The summed E-state index contributed by atoms with van der Waals surface area (Å²) < 4.78 is 16.4. The van der Waals surface area contributed by atoms with Crippen LogP contribution in [0.3, 0.4) is 0 Å². The standard InChI is InChI=1S/C15H23O5Si/c1-15(2,3)14(20-21(18-4)19-5)12-8-6-11(7-9-12)10-13(16)17/h6-9,14H,10H2,1-5H3,(H,16,17). The Morgan fingerprint density at radius 2 is 1.71 bits per heavy atom. The number of carboxylic acids is 1. The van der Waals surface area contributed by atoms with Gasteiger partial charge in [0.15, 0.2) is 0 Å². The molecule has 1 radical (unpaired) electrons. The lowest BCUT2D eigenvalue weighted by atomic mass is 9.84. The molecule has 0 saturated heterocycles. The average Bonchev–Trinajstić information content (AvgIpc) is 2.39. The largest absolute Gasteiger partial charge is 0.577 e. The Bertz CT molecular complexity index is 448. The molecule has 1 unspecified atom stereocenters. The van der Waals surface area contributed by atoms with E-state index < -0.39 is 15.5 Å². The van der Waals surface area contributed by atoms with E-state index in [0.717, 1.165) is 11.1 Å². The maximum atomic E-state index is 10.7. The predicted molar refractivity (Wildman–Crippen MR) is 80.8 cm³/mol. The molecule has 5 nitrogen and oxygen atoms in total. The first-order chi connectivity index (χ1) is 9.77. The zero-order valence-electron chi connectivity index (χ0n) is 13.2. The van der Waals surface area contributed by atoms with Crippen LogP contribution in [-0.4, -0.2) is 34.8 Å². The van der Waals surface area contributed by atoms with Gasteiger partial charge in [0.25, 0.3) is 0 Å². The minimum atomic E-state index is -1.77. The van der Waals surface area contributed by atoms with E-state index in [-0.39, 0.29) is 17.9 Å². The second kappa shape index (κ2) is 7.70. The van der Waals surface area contributed by atoms with Crippen molar-refractivity contribution in [1.29, 1.82) is 0 Å². The van der Waals surface area contributed by atoms with Crippen molar-refractivity contribution in [3.8, 4) is 0 Å². The molecule has 0 bridgehead atoms. The molecule has 0 aliphatic heterocycles. The lowest BCUT2D eigenvalue weighted by Gasteiger charge is -2.32. The molecular weight excluding hydrogens is 288 g/mol. The molecule has 21 heavy (non-hydrogen) atoms. The summed E-state index contributed by atoms with van der Waals surface area (Å²) in [6, 6.07) is 7.44. The second-order valence-corrected chi connectivity index (χ2v) is 7.39. The zero-order chi connectivity index (χ0) is 16.0. The molecule has 0 fully saturated rings. The summed E-state index contributed by atoms with van der Waals surface area (Å²) in [5, 5.41) is 8.80. The number of aliphatic carboxylic acids is 1. The summed E-state index contributed by atoms with van der Waals surface area (Å²) in [5.74, 6) is -0.837. The lowest BCUT2D eigenvalue weighted by molar-refractivity contribution is -0.136. The van der Waals surface area contributed by atoms with Crippen LogP contribution in [0.5, 0.6) is 0 Å². The van der Waals surface area contributed by atoms with Gasteiger partial charge in [-0.25, -0.2) is 0 Å². The molecule has 0 aliphatic carbocycles. The first-order valence-electron chi connectivity index (χ1n) is 6.70. The second-order valence-electron chi connectivity index (χ2n) is 5.83. The maximum Gasteiger partial charge on any atom is 0.577 e. The molecule has 1 aromatic carbocycles. The smallest absolute Gasteiger partial charge is 0.481 e. The fraction of sp³-hybridized carbons (Fsp3) is 0.533. The summed E-state index contributed by atoms with van der Waals surface area (Å²) in [6.45, 7) is 6.23. The summed E-state index contributed by atoms with van der Waals surface area (Å²) >= 11 is 0. The molecule has 0 saturated carbocycles. The minimum Gasteiger partial charge on any atom is -0.481 e. The fourth-order valence-corrected chi connectivity index (χ4v) is 3.05. The molecule has 1 N–H and O–H groups in total. The molecule has 1 atom stereocenters. The number of hydrogen-bond acceptors (Lipinski definition) is 4. The van der Waals surface area contributed by atoms with E-state index in [9.17, 15) is 4.79 Å². The van der Waals surface area contributed by atoms with Crippen LogP contribution in [0, 0.1) is 5.41 Å². The van der Waals surface area contributed by atoms with Crippen LogP contribution in [0.1, 0.15) is 38.0 Å². The average molecular weight is 311 g/mol. The van der Waals surface area contributed by atoms with Crippen molar-refractivity contribution in [3.63, 3.8) is 0 Å².